The van der Waals surface area contributed by atoms with E-state index in [2.05, 4.69) is 9.46 Å². The fourth-order valence-corrected chi connectivity index (χ4v) is 3.47. The standard InChI is InChI=1S/C21H20F3N3O2S/c1-12(2)29-16-8-6-15(7-9-16)18-11-19(21(22,23)24)25-27(18)17-10-5-13(3)20(14(17)4)26-30-28/h5-12H,1-4H3. The van der Waals surface area contributed by atoms with Gasteiger partial charge in [-0.1, -0.05) is 6.07 Å². The number of aryl methyl sites for hydroxylation is 1. The van der Waals surface area contributed by atoms with Gasteiger partial charge in [0.05, 0.1) is 23.2 Å². The summed E-state index contributed by atoms with van der Waals surface area (Å²) in [6.07, 6.45) is -4.62. The van der Waals surface area contributed by atoms with Crippen LogP contribution in [0, 0.1) is 13.8 Å². The maximum absolute atomic E-state index is 13.4. The molecule has 9 heteroatoms. The second kappa shape index (κ2) is 8.43. The van der Waals surface area contributed by atoms with Crippen LogP contribution in [-0.4, -0.2) is 20.1 Å². The first kappa shape index (κ1) is 21.8. The minimum Gasteiger partial charge on any atom is -0.491 e. The Morgan fingerprint density at radius 2 is 1.77 bits per heavy atom. The van der Waals surface area contributed by atoms with E-state index in [1.54, 1.807) is 50.2 Å². The Morgan fingerprint density at radius 3 is 2.33 bits per heavy atom. The van der Waals surface area contributed by atoms with E-state index in [4.69, 9.17) is 4.74 Å². The van der Waals surface area contributed by atoms with E-state index in [9.17, 15) is 17.4 Å². The fraction of sp³-hybridized carbons (Fsp3) is 0.286. The minimum absolute atomic E-state index is 0.0190. The molecule has 0 fully saturated rings. The summed E-state index contributed by atoms with van der Waals surface area (Å²) in [5.41, 5.74) is 1.98. The second-order valence-corrected chi connectivity index (χ2v) is 7.39. The molecule has 1 heterocycles. The van der Waals surface area contributed by atoms with Gasteiger partial charge >= 0.3 is 6.18 Å². The Balaban J connectivity index is 2.20. The molecule has 0 bridgehead atoms. The van der Waals surface area contributed by atoms with Gasteiger partial charge in [-0.05, 0) is 69.7 Å². The third-order valence-electron chi connectivity index (χ3n) is 4.48. The lowest BCUT2D eigenvalue weighted by Gasteiger charge is -2.14. The quantitative estimate of drug-likeness (QED) is 0.495. The first-order valence-electron chi connectivity index (χ1n) is 9.16. The Bertz CT molecular complexity index is 1120. The smallest absolute Gasteiger partial charge is 0.435 e. The van der Waals surface area contributed by atoms with Crippen molar-refractivity contribution in [1.82, 2.24) is 9.78 Å². The van der Waals surface area contributed by atoms with Crippen LogP contribution >= 0.6 is 0 Å². The van der Waals surface area contributed by atoms with E-state index in [1.807, 2.05) is 13.8 Å². The van der Waals surface area contributed by atoms with Crippen molar-refractivity contribution in [3.8, 4) is 22.7 Å². The van der Waals surface area contributed by atoms with E-state index in [-0.39, 0.29) is 23.3 Å². The molecule has 2 aromatic carbocycles. The maximum atomic E-state index is 13.4. The molecule has 0 aliphatic heterocycles. The molecule has 3 rings (SSSR count). The number of ether oxygens (including phenoxy) is 1. The third-order valence-corrected chi connectivity index (χ3v) is 4.74. The van der Waals surface area contributed by atoms with E-state index in [0.29, 0.717) is 28.3 Å². The van der Waals surface area contributed by atoms with Gasteiger partial charge in [-0.25, -0.2) is 4.68 Å². The van der Waals surface area contributed by atoms with Crippen molar-refractivity contribution in [3.05, 3.63) is 59.3 Å². The molecular formula is C21H20F3N3O2S. The number of rotatable bonds is 5. The Morgan fingerprint density at radius 1 is 1.10 bits per heavy atom. The number of hydrogen-bond donors (Lipinski definition) is 0. The molecule has 0 spiro atoms. The summed E-state index contributed by atoms with van der Waals surface area (Å²) in [6.45, 7) is 7.27. The Kier molecular flexibility index (Phi) is 6.12. The van der Waals surface area contributed by atoms with E-state index in [0.717, 1.165) is 11.6 Å². The molecule has 0 aliphatic rings. The average molecular weight is 435 g/mol. The van der Waals surface area contributed by atoms with Crippen molar-refractivity contribution in [2.75, 3.05) is 0 Å². The molecule has 0 saturated heterocycles. The highest BCUT2D eigenvalue weighted by Crippen LogP contribution is 2.36. The van der Waals surface area contributed by atoms with Crippen molar-refractivity contribution < 1.29 is 22.1 Å². The molecule has 0 amide bonds. The Hall–Kier alpha value is -2.94. The zero-order valence-corrected chi connectivity index (χ0v) is 17.6. The van der Waals surface area contributed by atoms with Crippen LogP contribution in [0.4, 0.5) is 18.9 Å². The van der Waals surface area contributed by atoms with E-state index in [1.165, 1.54) is 4.68 Å². The number of hydrogen-bond acceptors (Lipinski definition) is 4. The molecular weight excluding hydrogens is 415 g/mol. The fourth-order valence-electron chi connectivity index (χ4n) is 3.12. The topological polar surface area (TPSA) is 56.5 Å². The molecule has 3 aromatic rings. The van der Waals surface area contributed by atoms with Gasteiger partial charge in [-0.15, -0.1) is 0 Å². The van der Waals surface area contributed by atoms with Gasteiger partial charge in [0, 0.05) is 11.1 Å². The molecule has 0 saturated carbocycles. The average Bonchev–Trinajstić information content (AvgIpc) is 3.11. The van der Waals surface area contributed by atoms with Gasteiger partial charge in [-0.2, -0.15) is 26.8 Å². The normalized spacial score (nSPS) is 11.6. The molecule has 1 aromatic heterocycles. The highest BCUT2D eigenvalue weighted by molar-refractivity contribution is 7.54. The number of halogens is 3. The summed E-state index contributed by atoms with van der Waals surface area (Å²) in [6, 6.07) is 11.2. The first-order chi connectivity index (χ1) is 14.1. The summed E-state index contributed by atoms with van der Waals surface area (Å²) >= 11 is 0.0548. The van der Waals surface area contributed by atoms with Crippen molar-refractivity contribution in [2.24, 2.45) is 4.36 Å². The summed E-state index contributed by atoms with van der Waals surface area (Å²) in [4.78, 5) is 0. The van der Waals surface area contributed by atoms with E-state index < -0.39 is 11.9 Å². The largest absolute Gasteiger partial charge is 0.491 e. The molecule has 30 heavy (non-hydrogen) atoms. The van der Waals surface area contributed by atoms with Gasteiger partial charge < -0.3 is 4.74 Å². The molecule has 0 N–H and O–H groups in total. The summed E-state index contributed by atoms with van der Waals surface area (Å²) in [7, 11) is 0. The van der Waals surface area contributed by atoms with E-state index >= 15 is 0 Å². The number of alkyl halides is 3. The van der Waals surface area contributed by atoms with Crippen LogP contribution < -0.4 is 4.74 Å². The van der Waals surface area contributed by atoms with Crippen LogP contribution in [0.2, 0.25) is 0 Å². The van der Waals surface area contributed by atoms with Crippen LogP contribution in [0.25, 0.3) is 16.9 Å². The molecule has 0 unspecified atom stereocenters. The van der Waals surface area contributed by atoms with Crippen LogP contribution in [-0.2, 0) is 17.6 Å². The Labute approximate surface area is 175 Å². The number of nitrogens with zero attached hydrogens (tertiary/aromatic N) is 3. The third kappa shape index (κ3) is 4.46. The number of aromatic nitrogens is 2. The maximum Gasteiger partial charge on any atom is 0.435 e. The van der Waals surface area contributed by atoms with Crippen molar-refractivity contribution >= 4 is 17.2 Å². The summed E-state index contributed by atoms with van der Waals surface area (Å²) in [5.74, 6) is 0.621. The van der Waals surface area contributed by atoms with Crippen LogP contribution in [0.3, 0.4) is 0 Å². The van der Waals surface area contributed by atoms with Crippen LogP contribution in [0.5, 0.6) is 5.75 Å². The summed E-state index contributed by atoms with van der Waals surface area (Å²) in [5, 5.41) is 3.82. The zero-order chi connectivity index (χ0) is 22.1. The van der Waals surface area contributed by atoms with Gasteiger partial charge in [-0.3, -0.25) is 0 Å². The molecule has 0 radical (unpaired) electrons. The predicted molar refractivity (Wildman–Crippen MR) is 109 cm³/mol. The van der Waals surface area contributed by atoms with Gasteiger partial charge in [0.25, 0.3) is 0 Å². The second-order valence-electron chi connectivity index (χ2n) is 7.06. The lowest BCUT2D eigenvalue weighted by Crippen LogP contribution is -2.08. The zero-order valence-electron chi connectivity index (χ0n) is 16.8. The number of benzene rings is 2. The molecule has 158 valence electrons. The van der Waals surface area contributed by atoms with Crippen LogP contribution in [0.15, 0.2) is 46.8 Å². The highest BCUT2D eigenvalue weighted by Gasteiger charge is 2.35. The van der Waals surface area contributed by atoms with Crippen molar-refractivity contribution in [2.45, 2.75) is 40.0 Å². The molecule has 0 atom stereocenters. The van der Waals surface area contributed by atoms with Crippen molar-refractivity contribution in [1.29, 1.82) is 0 Å². The predicted octanol–water partition coefficient (Wildman–Crippen LogP) is 5.99. The van der Waals surface area contributed by atoms with Crippen molar-refractivity contribution in [3.63, 3.8) is 0 Å². The SMILES string of the molecule is Cc1ccc(-n2nc(C(F)(F)F)cc2-c2ccc(OC(C)C)cc2)c(C)c1N=S=O. The van der Waals surface area contributed by atoms with Gasteiger partial charge in [0.2, 0.25) is 11.5 Å². The highest BCUT2D eigenvalue weighted by atomic mass is 32.1. The summed E-state index contributed by atoms with van der Waals surface area (Å²) < 4.78 is 61.9. The minimum atomic E-state index is -4.60. The van der Waals surface area contributed by atoms with Gasteiger partial charge in [0.1, 0.15) is 5.75 Å². The lowest BCUT2D eigenvalue weighted by atomic mass is 10.1. The van der Waals surface area contributed by atoms with Crippen LogP contribution in [0.1, 0.15) is 30.7 Å². The lowest BCUT2D eigenvalue weighted by molar-refractivity contribution is -0.141. The molecule has 5 nitrogen and oxygen atoms in total. The van der Waals surface area contributed by atoms with Gasteiger partial charge in [0.15, 0.2) is 5.69 Å². The monoisotopic (exact) mass is 435 g/mol. The first-order valence-corrected chi connectivity index (χ1v) is 9.86. The molecule has 0 aliphatic carbocycles.